The quantitative estimate of drug-likeness (QED) is 0.725. The van der Waals surface area contributed by atoms with Crippen molar-refractivity contribution in [2.45, 2.75) is 12.8 Å². The standard InChI is InChI=1S/C16H16BrFN2O2S/c17-10-5-11-19-12-13-6-1-3-8-15(13)20(23(19,21)22)16-9-4-2-7-14(16)18/h1-4,7-9,12H,5-6,10-11H2. The Bertz CT molecular complexity index is 802. The molecule has 0 bridgehead atoms. The first-order valence-corrected chi connectivity index (χ1v) is 9.78. The molecule has 1 aliphatic heterocycles. The second kappa shape index (κ2) is 6.49. The number of fused-ring (bicyclic) bond motifs is 1. The Morgan fingerprint density at radius 1 is 1.26 bits per heavy atom. The van der Waals surface area contributed by atoms with E-state index >= 15 is 0 Å². The highest BCUT2D eigenvalue weighted by molar-refractivity contribution is 9.09. The number of nitrogens with zero attached hydrogens (tertiary/aromatic N) is 2. The summed E-state index contributed by atoms with van der Waals surface area (Å²) in [5.74, 6) is -0.562. The van der Waals surface area contributed by atoms with Crippen molar-refractivity contribution in [1.82, 2.24) is 4.31 Å². The summed E-state index contributed by atoms with van der Waals surface area (Å²) in [4.78, 5) is 0. The third-order valence-corrected chi connectivity index (χ3v) is 5.98. The maximum absolute atomic E-state index is 14.3. The Morgan fingerprint density at radius 3 is 2.78 bits per heavy atom. The van der Waals surface area contributed by atoms with Crippen LogP contribution in [0.2, 0.25) is 0 Å². The van der Waals surface area contributed by atoms with Crippen LogP contribution in [0.4, 0.5) is 10.1 Å². The van der Waals surface area contributed by atoms with Gasteiger partial charge in [-0.25, -0.2) is 8.70 Å². The van der Waals surface area contributed by atoms with E-state index < -0.39 is 16.0 Å². The van der Waals surface area contributed by atoms with Crippen LogP contribution in [-0.2, 0) is 10.2 Å². The van der Waals surface area contributed by atoms with Gasteiger partial charge in [-0.05, 0) is 36.6 Å². The summed E-state index contributed by atoms with van der Waals surface area (Å²) in [5, 5.41) is 0.699. The molecule has 1 aromatic carbocycles. The maximum Gasteiger partial charge on any atom is 0.330 e. The average molecular weight is 399 g/mol. The summed E-state index contributed by atoms with van der Waals surface area (Å²) in [5.41, 5.74) is 1.41. The predicted molar refractivity (Wildman–Crippen MR) is 92.8 cm³/mol. The fourth-order valence-electron chi connectivity index (χ4n) is 2.62. The first-order chi connectivity index (χ1) is 11.1. The van der Waals surface area contributed by atoms with Crippen LogP contribution in [-0.4, -0.2) is 24.6 Å². The third-order valence-electron chi connectivity index (χ3n) is 3.69. The van der Waals surface area contributed by atoms with E-state index in [9.17, 15) is 12.8 Å². The molecule has 0 saturated heterocycles. The van der Waals surface area contributed by atoms with Crippen LogP contribution in [0.1, 0.15) is 12.8 Å². The van der Waals surface area contributed by atoms with E-state index in [1.807, 2.05) is 6.08 Å². The zero-order chi connectivity index (χ0) is 16.4. The van der Waals surface area contributed by atoms with Crippen molar-refractivity contribution < 1.29 is 12.8 Å². The molecule has 0 fully saturated rings. The SMILES string of the molecule is O=S1(=O)N(CCCBr)C=C2CC=CC=C2N1c1ccccc1F. The Balaban J connectivity index is 2.15. The summed E-state index contributed by atoms with van der Waals surface area (Å²) >= 11 is 3.32. The van der Waals surface area contributed by atoms with Crippen molar-refractivity contribution in [3.8, 4) is 0 Å². The van der Waals surface area contributed by atoms with Crippen LogP contribution in [0, 0.1) is 5.82 Å². The Morgan fingerprint density at radius 2 is 2.04 bits per heavy atom. The fraction of sp³-hybridized carbons (Fsp3) is 0.250. The second-order valence-electron chi connectivity index (χ2n) is 5.22. The number of halogens is 2. The lowest BCUT2D eigenvalue weighted by Crippen LogP contribution is -2.46. The molecule has 4 nitrogen and oxygen atoms in total. The molecule has 0 amide bonds. The summed E-state index contributed by atoms with van der Waals surface area (Å²) in [6, 6.07) is 5.93. The van der Waals surface area contributed by atoms with Gasteiger partial charge in [0.05, 0.1) is 11.4 Å². The van der Waals surface area contributed by atoms with Crippen molar-refractivity contribution in [2.24, 2.45) is 0 Å². The van der Waals surface area contributed by atoms with Gasteiger partial charge in [-0.1, -0.05) is 40.2 Å². The van der Waals surface area contributed by atoms with Crippen molar-refractivity contribution >= 4 is 31.8 Å². The molecule has 1 aromatic rings. The van der Waals surface area contributed by atoms with E-state index in [2.05, 4.69) is 15.9 Å². The molecule has 0 unspecified atom stereocenters. The lowest BCUT2D eigenvalue weighted by molar-refractivity contribution is 0.487. The van der Waals surface area contributed by atoms with E-state index in [-0.39, 0.29) is 5.69 Å². The number of hydrogen-bond donors (Lipinski definition) is 0. The van der Waals surface area contributed by atoms with Crippen LogP contribution in [0.5, 0.6) is 0 Å². The van der Waals surface area contributed by atoms with Gasteiger partial charge in [-0.3, -0.25) is 4.31 Å². The van der Waals surface area contributed by atoms with Gasteiger partial charge in [0.2, 0.25) is 0 Å². The molecule has 122 valence electrons. The first-order valence-electron chi connectivity index (χ1n) is 7.26. The summed E-state index contributed by atoms with van der Waals surface area (Å²) < 4.78 is 42.6. The van der Waals surface area contributed by atoms with Gasteiger partial charge in [-0.15, -0.1) is 0 Å². The molecular weight excluding hydrogens is 383 g/mol. The lowest BCUT2D eigenvalue weighted by Gasteiger charge is -2.38. The minimum Gasteiger partial charge on any atom is -0.260 e. The molecule has 0 aromatic heterocycles. The molecule has 0 saturated carbocycles. The van der Waals surface area contributed by atoms with Gasteiger partial charge in [-0.2, -0.15) is 8.42 Å². The Kier molecular flexibility index (Phi) is 4.59. The minimum absolute atomic E-state index is 0.0449. The number of para-hydroxylation sites is 1. The Labute approximate surface area is 143 Å². The molecule has 3 rings (SSSR count). The number of allylic oxidation sites excluding steroid dienone is 4. The van der Waals surface area contributed by atoms with Crippen LogP contribution >= 0.6 is 15.9 Å². The highest BCUT2D eigenvalue weighted by Crippen LogP contribution is 2.37. The van der Waals surface area contributed by atoms with E-state index in [1.54, 1.807) is 30.5 Å². The van der Waals surface area contributed by atoms with Gasteiger partial charge < -0.3 is 0 Å². The normalized spacial score (nSPS) is 19.2. The molecule has 0 spiro atoms. The zero-order valence-corrected chi connectivity index (χ0v) is 14.7. The fourth-order valence-corrected chi connectivity index (χ4v) is 4.52. The number of hydrogen-bond acceptors (Lipinski definition) is 2. The highest BCUT2D eigenvalue weighted by atomic mass is 79.9. The van der Waals surface area contributed by atoms with Gasteiger partial charge in [0.25, 0.3) is 0 Å². The van der Waals surface area contributed by atoms with Crippen LogP contribution in [0.15, 0.2) is 60.0 Å². The van der Waals surface area contributed by atoms with E-state index in [0.29, 0.717) is 30.4 Å². The number of benzene rings is 1. The van der Waals surface area contributed by atoms with Crippen LogP contribution < -0.4 is 4.31 Å². The molecule has 1 heterocycles. The molecule has 0 N–H and O–H groups in total. The molecule has 7 heteroatoms. The topological polar surface area (TPSA) is 40.6 Å². The van der Waals surface area contributed by atoms with E-state index in [0.717, 1.165) is 9.88 Å². The molecule has 0 atom stereocenters. The van der Waals surface area contributed by atoms with Crippen LogP contribution in [0.25, 0.3) is 0 Å². The van der Waals surface area contributed by atoms with Gasteiger partial charge in [0, 0.05) is 18.1 Å². The lowest BCUT2D eigenvalue weighted by atomic mass is 10.0. The minimum atomic E-state index is -3.86. The smallest absolute Gasteiger partial charge is 0.260 e. The van der Waals surface area contributed by atoms with Crippen molar-refractivity contribution in [1.29, 1.82) is 0 Å². The Hall–Kier alpha value is -1.60. The van der Waals surface area contributed by atoms with Crippen LogP contribution in [0.3, 0.4) is 0 Å². The maximum atomic E-state index is 14.3. The van der Waals surface area contributed by atoms with Gasteiger partial charge >= 0.3 is 10.2 Å². The largest absolute Gasteiger partial charge is 0.330 e. The van der Waals surface area contributed by atoms with Crippen molar-refractivity contribution in [3.05, 3.63) is 65.8 Å². The van der Waals surface area contributed by atoms with E-state index in [4.69, 9.17) is 0 Å². The number of alkyl halides is 1. The van der Waals surface area contributed by atoms with Gasteiger partial charge in [0.15, 0.2) is 0 Å². The molecule has 1 aliphatic carbocycles. The second-order valence-corrected chi connectivity index (χ2v) is 7.74. The molecular formula is C16H16BrFN2O2S. The van der Waals surface area contributed by atoms with E-state index in [1.165, 1.54) is 16.4 Å². The molecule has 23 heavy (non-hydrogen) atoms. The first kappa shape index (κ1) is 16.3. The summed E-state index contributed by atoms with van der Waals surface area (Å²) in [6.45, 7) is 0.346. The molecule has 0 radical (unpaired) electrons. The number of anilines is 1. The highest BCUT2D eigenvalue weighted by Gasteiger charge is 2.38. The summed E-state index contributed by atoms with van der Waals surface area (Å²) in [7, 11) is -3.86. The molecule has 2 aliphatic rings. The average Bonchev–Trinajstić information content (AvgIpc) is 2.54. The predicted octanol–water partition coefficient (Wildman–Crippen LogP) is 3.71. The third kappa shape index (κ3) is 2.95. The number of rotatable bonds is 4. The van der Waals surface area contributed by atoms with Crippen molar-refractivity contribution in [2.75, 3.05) is 16.2 Å². The van der Waals surface area contributed by atoms with Crippen molar-refractivity contribution in [3.63, 3.8) is 0 Å². The summed E-state index contributed by atoms with van der Waals surface area (Å²) in [6.07, 6.45) is 8.41. The van der Waals surface area contributed by atoms with Gasteiger partial charge in [0.1, 0.15) is 5.82 Å². The monoisotopic (exact) mass is 398 g/mol. The zero-order valence-electron chi connectivity index (χ0n) is 12.3.